The molecule has 1 unspecified atom stereocenters. The van der Waals surface area contributed by atoms with E-state index < -0.39 is 0 Å². The molecule has 5 rings (SSSR count). The van der Waals surface area contributed by atoms with Crippen LogP contribution in [-0.2, 0) is 5.54 Å². The number of rotatable bonds is 4. The highest BCUT2D eigenvalue weighted by Crippen LogP contribution is 2.46. The number of benzene rings is 1. The number of carbonyl (C=O) groups excluding carboxylic acids is 1. The van der Waals surface area contributed by atoms with Gasteiger partial charge in [0.15, 0.2) is 0 Å². The average Bonchev–Trinajstić information content (AvgIpc) is 3.04. The summed E-state index contributed by atoms with van der Waals surface area (Å²) in [5, 5.41) is 4.33. The van der Waals surface area contributed by atoms with E-state index in [1.54, 1.807) is 0 Å². The van der Waals surface area contributed by atoms with Crippen LogP contribution < -0.4 is 20.4 Å². The maximum atomic E-state index is 13.0. The zero-order valence-corrected chi connectivity index (χ0v) is 19.6. The van der Waals surface area contributed by atoms with Crippen molar-refractivity contribution in [3.8, 4) is 0 Å². The summed E-state index contributed by atoms with van der Waals surface area (Å²) in [6, 6.07) is 12.9. The molecular weight excluding hydrogens is 405 g/mol. The van der Waals surface area contributed by atoms with Gasteiger partial charge in [0.05, 0.1) is 24.0 Å². The Morgan fingerprint density at radius 2 is 1.81 bits per heavy atom. The molecule has 6 nitrogen and oxygen atoms in total. The molecule has 2 aliphatic heterocycles. The van der Waals surface area contributed by atoms with Crippen LogP contribution in [0.2, 0.25) is 0 Å². The van der Waals surface area contributed by atoms with Crippen LogP contribution in [0, 0.1) is 0 Å². The van der Waals surface area contributed by atoms with E-state index in [0.717, 1.165) is 55.6 Å². The van der Waals surface area contributed by atoms with Crippen molar-refractivity contribution in [1.82, 2.24) is 15.2 Å². The summed E-state index contributed by atoms with van der Waals surface area (Å²) >= 11 is 0. The lowest BCUT2D eigenvalue weighted by Crippen LogP contribution is -2.54. The molecule has 7 heteroatoms. The quantitative estimate of drug-likeness (QED) is 0.747. The third-order valence-corrected chi connectivity index (χ3v) is 8.06. The number of nitrogens with one attached hydrogen (secondary N) is 1. The smallest absolute Gasteiger partial charge is 0.323 e. The predicted molar refractivity (Wildman–Crippen MR) is 129 cm³/mol. The Labute approximate surface area is 187 Å². The number of amides is 2. The minimum Gasteiger partial charge on any atom is -0.370 e. The topological polar surface area (TPSA) is 51.7 Å². The average molecular weight is 438 g/mol. The number of hydrogen-bond donors (Lipinski definition) is 1. The van der Waals surface area contributed by atoms with Gasteiger partial charge in [-0.05, 0) is 57.8 Å². The second-order valence-electron chi connectivity index (χ2n) is 9.54. The van der Waals surface area contributed by atoms with Crippen molar-refractivity contribution >= 4 is 32.1 Å². The van der Waals surface area contributed by atoms with E-state index in [4.69, 9.17) is 4.98 Å². The van der Waals surface area contributed by atoms with E-state index in [0.29, 0.717) is 6.54 Å². The van der Waals surface area contributed by atoms with Gasteiger partial charge >= 0.3 is 6.03 Å². The number of urea groups is 1. The van der Waals surface area contributed by atoms with Crippen molar-refractivity contribution in [2.45, 2.75) is 43.2 Å². The molecule has 1 N–H and O–H groups in total. The zero-order valence-electron chi connectivity index (χ0n) is 18.5. The first-order valence-corrected chi connectivity index (χ1v) is 11.8. The monoisotopic (exact) mass is 437 g/mol. The minimum absolute atomic E-state index is 0.0214. The van der Waals surface area contributed by atoms with Gasteiger partial charge in [0.1, 0.15) is 5.82 Å². The maximum absolute atomic E-state index is 13.0. The molecular formula is C24H32N5OP. The van der Waals surface area contributed by atoms with Crippen molar-refractivity contribution in [2.24, 2.45) is 0 Å². The highest BCUT2D eigenvalue weighted by Gasteiger charge is 2.50. The lowest BCUT2D eigenvalue weighted by Gasteiger charge is -2.48. The summed E-state index contributed by atoms with van der Waals surface area (Å²) in [7, 11) is 7.13. The van der Waals surface area contributed by atoms with Crippen molar-refractivity contribution in [2.75, 3.05) is 43.5 Å². The van der Waals surface area contributed by atoms with Crippen molar-refractivity contribution in [3.63, 3.8) is 0 Å². The summed E-state index contributed by atoms with van der Waals surface area (Å²) in [5.41, 5.74) is 2.35. The molecule has 164 valence electrons. The molecule has 1 aromatic heterocycles. The lowest BCUT2D eigenvalue weighted by molar-refractivity contribution is 0.0657. The highest BCUT2D eigenvalue weighted by molar-refractivity contribution is 7.28. The second-order valence-corrected chi connectivity index (χ2v) is 10.2. The van der Waals surface area contributed by atoms with Gasteiger partial charge in [0, 0.05) is 23.9 Å². The Morgan fingerprint density at radius 3 is 2.39 bits per heavy atom. The Balaban J connectivity index is 1.35. The van der Waals surface area contributed by atoms with Gasteiger partial charge in [-0.3, -0.25) is 9.80 Å². The van der Waals surface area contributed by atoms with Gasteiger partial charge in [-0.2, -0.15) is 0 Å². The molecule has 3 heterocycles. The number of pyridine rings is 1. The summed E-state index contributed by atoms with van der Waals surface area (Å²) in [5.74, 6) is 0.760. The highest BCUT2D eigenvalue weighted by atomic mass is 31.0. The first kappa shape index (κ1) is 20.7. The molecule has 1 aromatic carbocycles. The van der Waals surface area contributed by atoms with E-state index in [1.807, 2.05) is 11.1 Å². The van der Waals surface area contributed by atoms with Crippen LogP contribution in [0.15, 0.2) is 42.6 Å². The van der Waals surface area contributed by atoms with Crippen molar-refractivity contribution in [1.29, 1.82) is 0 Å². The largest absolute Gasteiger partial charge is 0.370 e. The van der Waals surface area contributed by atoms with Crippen molar-refractivity contribution in [3.05, 3.63) is 48.2 Å². The van der Waals surface area contributed by atoms with E-state index in [2.05, 4.69) is 74.8 Å². The fourth-order valence-electron chi connectivity index (χ4n) is 5.48. The van der Waals surface area contributed by atoms with Crippen LogP contribution in [0.5, 0.6) is 0 Å². The van der Waals surface area contributed by atoms with E-state index in [-0.39, 0.29) is 17.1 Å². The van der Waals surface area contributed by atoms with Gasteiger partial charge in [0.2, 0.25) is 0 Å². The molecule has 31 heavy (non-hydrogen) atoms. The zero-order chi connectivity index (χ0) is 21.6. The van der Waals surface area contributed by atoms with Crippen LogP contribution in [0.4, 0.5) is 16.3 Å². The van der Waals surface area contributed by atoms with Gasteiger partial charge in [-0.1, -0.05) is 30.3 Å². The molecule has 0 bridgehead atoms. The molecule has 3 fully saturated rings. The van der Waals surface area contributed by atoms with E-state index in [9.17, 15) is 4.79 Å². The fourth-order valence-corrected chi connectivity index (χ4v) is 5.88. The Morgan fingerprint density at radius 1 is 1.10 bits per heavy atom. The SMILES string of the molecule is CN(C)[C@]1(c2ccccc2)CC[C@]2(CC1)CN(c1ncc(N3CCC3)cc1P)C(=O)N2. The van der Waals surface area contributed by atoms with E-state index >= 15 is 0 Å². The second kappa shape index (κ2) is 7.75. The number of nitrogens with zero attached hydrogens (tertiary/aromatic N) is 4. The molecule has 2 amide bonds. The standard InChI is InChI=1S/C24H32N5OP/c1-27(2)24(18-7-4-3-5-8-18)11-9-23(10-12-24)17-29(22(30)26-23)21-20(31)15-19(16-25-21)28-13-6-14-28/h3-5,7-8,15-16H,6,9-14,17,31H2,1-2H3,(H,26,30)/t23-,24+. The summed E-state index contributed by atoms with van der Waals surface area (Å²) in [4.78, 5) is 24.2. The van der Waals surface area contributed by atoms with Crippen LogP contribution in [0.25, 0.3) is 0 Å². The number of anilines is 2. The summed E-state index contributed by atoms with van der Waals surface area (Å²) in [6.45, 7) is 2.86. The number of carbonyl (C=O) groups is 1. The minimum atomic E-state index is -0.180. The molecule has 2 aromatic rings. The van der Waals surface area contributed by atoms with Crippen LogP contribution >= 0.6 is 9.24 Å². The maximum Gasteiger partial charge on any atom is 0.323 e. The first-order chi connectivity index (χ1) is 14.9. The fraction of sp³-hybridized carbons (Fsp3) is 0.500. The van der Waals surface area contributed by atoms with Crippen LogP contribution in [0.1, 0.15) is 37.7 Å². The van der Waals surface area contributed by atoms with E-state index in [1.165, 1.54) is 12.0 Å². The number of aromatic nitrogens is 1. The Kier molecular flexibility index (Phi) is 5.18. The van der Waals surface area contributed by atoms with Crippen molar-refractivity contribution < 1.29 is 4.79 Å². The summed E-state index contributed by atoms with van der Waals surface area (Å²) < 4.78 is 0. The lowest BCUT2D eigenvalue weighted by atomic mass is 9.69. The van der Waals surface area contributed by atoms with Gasteiger partial charge in [-0.15, -0.1) is 9.24 Å². The number of hydrogen-bond acceptors (Lipinski definition) is 4. The molecule has 1 atom stereocenters. The molecule has 1 spiro atoms. The van der Waals surface area contributed by atoms with Gasteiger partial charge in [-0.25, -0.2) is 9.78 Å². The first-order valence-electron chi connectivity index (χ1n) is 11.3. The van der Waals surface area contributed by atoms with Crippen LogP contribution in [0.3, 0.4) is 0 Å². The Bertz CT molecular complexity index is 967. The third-order valence-electron chi connectivity index (χ3n) is 7.64. The molecule has 1 saturated carbocycles. The van der Waals surface area contributed by atoms with Gasteiger partial charge < -0.3 is 10.2 Å². The predicted octanol–water partition coefficient (Wildman–Crippen LogP) is 3.09. The van der Waals surface area contributed by atoms with Gasteiger partial charge in [0.25, 0.3) is 0 Å². The normalized spacial score (nSPS) is 28.2. The molecule has 1 aliphatic carbocycles. The summed E-state index contributed by atoms with van der Waals surface area (Å²) in [6.07, 6.45) is 7.11. The van der Waals surface area contributed by atoms with Crippen LogP contribution in [-0.4, -0.2) is 55.2 Å². The third kappa shape index (κ3) is 3.50. The molecule has 3 aliphatic rings. The molecule has 0 radical (unpaired) electrons. The Hall–Kier alpha value is -2.17. The molecule has 2 saturated heterocycles.